The number of amides is 1. The molecule has 5 nitrogen and oxygen atoms in total. The third kappa shape index (κ3) is 7.47. The second-order valence-corrected chi connectivity index (χ2v) is 7.73. The first kappa shape index (κ1) is 22.8. The first-order chi connectivity index (χ1) is 13.8. The van der Waals surface area contributed by atoms with Crippen LogP contribution in [0.1, 0.15) is 37.5 Å². The van der Waals surface area contributed by atoms with Crippen molar-refractivity contribution in [3.05, 3.63) is 64.4 Å². The zero-order valence-corrected chi connectivity index (χ0v) is 17.3. The van der Waals surface area contributed by atoms with Gasteiger partial charge in [0.15, 0.2) is 0 Å². The summed E-state index contributed by atoms with van der Waals surface area (Å²) in [6.45, 7) is 5.66. The highest BCUT2D eigenvalue weighted by Crippen LogP contribution is 2.20. The number of aliphatic hydroxyl groups excluding tert-OH is 1. The molecule has 0 aliphatic heterocycles. The molecule has 0 heterocycles. The molecule has 0 aromatic heterocycles. The van der Waals surface area contributed by atoms with Gasteiger partial charge < -0.3 is 10.4 Å². The number of hydrogen-bond acceptors (Lipinski definition) is 4. The summed E-state index contributed by atoms with van der Waals surface area (Å²) >= 11 is 5.99. The number of nitriles is 1. The quantitative estimate of drug-likeness (QED) is 0.635. The van der Waals surface area contributed by atoms with Crippen LogP contribution in [0.15, 0.2) is 42.5 Å². The van der Waals surface area contributed by atoms with Crippen LogP contribution >= 0.6 is 11.6 Å². The van der Waals surface area contributed by atoms with Gasteiger partial charge in [-0.05, 0) is 41.8 Å². The van der Waals surface area contributed by atoms with E-state index in [-0.39, 0.29) is 23.2 Å². The van der Waals surface area contributed by atoms with Gasteiger partial charge in [-0.3, -0.25) is 9.69 Å². The molecule has 1 atom stereocenters. The normalized spacial score (nSPS) is 12.1. The van der Waals surface area contributed by atoms with Gasteiger partial charge in [0.05, 0.1) is 16.7 Å². The SMILES string of the molecule is CC(C)CN(CCC(=O)Nc1ccc(C#N)c(Cl)c1)CC(O)c1ccc(F)cc1. The Morgan fingerprint density at radius 2 is 1.93 bits per heavy atom. The molecule has 2 N–H and O–H groups in total. The van der Waals surface area contributed by atoms with E-state index in [2.05, 4.69) is 19.2 Å². The smallest absolute Gasteiger partial charge is 0.225 e. The van der Waals surface area contributed by atoms with Gasteiger partial charge in [0.1, 0.15) is 11.9 Å². The molecule has 0 fully saturated rings. The van der Waals surface area contributed by atoms with Gasteiger partial charge in [-0.15, -0.1) is 0 Å². The number of aliphatic hydroxyl groups is 1. The molecule has 0 saturated carbocycles. The number of hydrogen-bond donors (Lipinski definition) is 2. The molecule has 0 aliphatic rings. The molecule has 2 rings (SSSR count). The average Bonchev–Trinajstić information content (AvgIpc) is 2.66. The number of nitrogens with one attached hydrogen (secondary N) is 1. The van der Waals surface area contributed by atoms with E-state index < -0.39 is 6.10 Å². The Balaban J connectivity index is 1.93. The number of carbonyl (C=O) groups is 1. The summed E-state index contributed by atoms with van der Waals surface area (Å²) < 4.78 is 13.1. The largest absolute Gasteiger partial charge is 0.387 e. The Morgan fingerprint density at radius 3 is 2.52 bits per heavy atom. The van der Waals surface area contributed by atoms with E-state index in [0.717, 1.165) is 0 Å². The Hall–Kier alpha value is -2.46. The van der Waals surface area contributed by atoms with Gasteiger partial charge in [-0.1, -0.05) is 37.6 Å². The molecule has 1 amide bonds. The van der Waals surface area contributed by atoms with Crippen molar-refractivity contribution in [3.8, 4) is 6.07 Å². The fourth-order valence-corrected chi connectivity index (χ4v) is 3.20. The van der Waals surface area contributed by atoms with E-state index in [9.17, 15) is 14.3 Å². The van der Waals surface area contributed by atoms with Crippen molar-refractivity contribution in [1.82, 2.24) is 4.90 Å². The summed E-state index contributed by atoms with van der Waals surface area (Å²) in [5.41, 5.74) is 1.51. The van der Waals surface area contributed by atoms with Crippen LogP contribution in [0, 0.1) is 23.1 Å². The van der Waals surface area contributed by atoms with Crippen LogP contribution in [0.5, 0.6) is 0 Å². The van der Waals surface area contributed by atoms with Crippen LogP contribution in [0.2, 0.25) is 5.02 Å². The van der Waals surface area contributed by atoms with Crippen molar-refractivity contribution in [2.75, 3.05) is 25.0 Å². The second-order valence-electron chi connectivity index (χ2n) is 7.33. The van der Waals surface area contributed by atoms with Crippen molar-refractivity contribution >= 4 is 23.2 Å². The van der Waals surface area contributed by atoms with Crippen LogP contribution in [0.4, 0.5) is 10.1 Å². The lowest BCUT2D eigenvalue weighted by molar-refractivity contribution is -0.116. The minimum atomic E-state index is -0.769. The second kappa shape index (κ2) is 10.9. The average molecular weight is 418 g/mol. The Morgan fingerprint density at radius 1 is 1.24 bits per heavy atom. The third-order valence-electron chi connectivity index (χ3n) is 4.34. The Bertz CT molecular complexity index is 865. The molecule has 2 aromatic rings. The molecule has 0 radical (unpaired) electrons. The molecule has 29 heavy (non-hydrogen) atoms. The highest BCUT2D eigenvalue weighted by molar-refractivity contribution is 6.32. The molecule has 0 spiro atoms. The van der Waals surface area contributed by atoms with E-state index in [1.165, 1.54) is 12.1 Å². The molecule has 2 aromatic carbocycles. The molecule has 0 bridgehead atoms. The summed E-state index contributed by atoms with van der Waals surface area (Å²) in [5, 5.41) is 22.4. The maximum atomic E-state index is 13.1. The number of halogens is 2. The van der Waals surface area contributed by atoms with Crippen LogP contribution in [0.25, 0.3) is 0 Å². The summed E-state index contributed by atoms with van der Waals surface area (Å²) in [7, 11) is 0. The number of rotatable bonds is 9. The van der Waals surface area contributed by atoms with Gasteiger partial charge >= 0.3 is 0 Å². The monoisotopic (exact) mass is 417 g/mol. The van der Waals surface area contributed by atoms with Crippen molar-refractivity contribution in [2.45, 2.75) is 26.4 Å². The number of anilines is 1. The van der Waals surface area contributed by atoms with Gasteiger partial charge in [0, 0.05) is 31.7 Å². The minimum Gasteiger partial charge on any atom is -0.387 e. The topological polar surface area (TPSA) is 76.4 Å². The van der Waals surface area contributed by atoms with E-state index in [1.54, 1.807) is 30.3 Å². The van der Waals surface area contributed by atoms with Crippen LogP contribution < -0.4 is 5.32 Å². The predicted octanol–water partition coefficient (Wildman–Crippen LogP) is 4.37. The van der Waals surface area contributed by atoms with Crippen LogP contribution in [-0.2, 0) is 4.79 Å². The van der Waals surface area contributed by atoms with Crippen molar-refractivity contribution in [2.24, 2.45) is 5.92 Å². The van der Waals surface area contributed by atoms with Gasteiger partial charge in [-0.25, -0.2) is 4.39 Å². The predicted molar refractivity (Wildman–Crippen MR) is 112 cm³/mol. The summed E-state index contributed by atoms with van der Waals surface area (Å²) in [6.07, 6.45) is -0.532. The molecule has 0 aliphatic carbocycles. The van der Waals surface area contributed by atoms with E-state index in [0.29, 0.717) is 42.4 Å². The summed E-state index contributed by atoms with van der Waals surface area (Å²) in [5.74, 6) is -0.175. The molecule has 0 saturated heterocycles. The lowest BCUT2D eigenvalue weighted by Crippen LogP contribution is -2.34. The zero-order valence-electron chi connectivity index (χ0n) is 16.5. The lowest BCUT2D eigenvalue weighted by Gasteiger charge is -2.26. The Labute approximate surface area is 175 Å². The molecular weight excluding hydrogens is 393 g/mol. The maximum absolute atomic E-state index is 13.1. The fraction of sp³-hybridized carbons (Fsp3) is 0.364. The fourth-order valence-electron chi connectivity index (χ4n) is 2.98. The summed E-state index contributed by atoms with van der Waals surface area (Å²) in [6, 6.07) is 12.5. The first-order valence-electron chi connectivity index (χ1n) is 9.44. The van der Waals surface area contributed by atoms with E-state index in [1.807, 2.05) is 11.0 Å². The minimum absolute atomic E-state index is 0.184. The van der Waals surface area contributed by atoms with Gasteiger partial charge in [0.25, 0.3) is 0 Å². The number of benzene rings is 2. The van der Waals surface area contributed by atoms with Gasteiger partial charge in [0.2, 0.25) is 5.91 Å². The van der Waals surface area contributed by atoms with E-state index in [4.69, 9.17) is 16.9 Å². The van der Waals surface area contributed by atoms with Crippen LogP contribution in [-0.4, -0.2) is 35.5 Å². The standard InChI is InChI=1S/C22H25ClFN3O2/c1-15(2)13-27(14-21(28)16-3-6-18(24)7-4-16)10-9-22(29)26-19-8-5-17(12-25)20(23)11-19/h3-8,11,15,21,28H,9-10,13-14H2,1-2H3,(H,26,29). The molecular formula is C22H25ClFN3O2. The van der Waals surface area contributed by atoms with E-state index >= 15 is 0 Å². The van der Waals surface area contributed by atoms with Crippen molar-refractivity contribution in [3.63, 3.8) is 0 Å². The molecule has 7 heteroatoms. The first-order valence-corrected chi connectivity index (χ1v) is 9.81. The highest BCUT2D eigenvalue weighted by Gasteiger charge is 2.16. The summed E-state index contributed by atoms with van der Waals surface area (Å²) in [4.78, 5) is 14.3. The molecule has 1 unspecified atom stereocenters. The number of nitrogens with zero attached hydrogens (tertiary/aromatic N) is 2. The highest BCUT2D eigenvalue weighted by atomic mass is 35.5. The zero-order chi connectivity index (χ0) is 21.4. The van der Waals surface area contributed by atoms with Gasteiger partial charge in [-0.2, -0.15) is 5.26 Å². The van der Waals surface area contributed by atoms with Crippen molar-refractivity contribution in [1.29, 1.82) is 5.26 Å². The maximum Gasteiger partial charge on any atom is 0.225 e. The lowest BCUT2D eigenvalue weighted by atomic mass is 10.1. The van der Waals surface area contributed by atoms with Crippen molar-refractivity contribution < 1.29 is 14.3 Å². The Kier molecular flexibility index (Phi) is 8.59. The van der Waals surface area contributed by atoms with Crippen LogP contribution in [0.3, 0.4) is 0 Å². The molecule has 154 valence electrons. The number of carbonyl (C=O) groups excluding carboxylic acids is 1. The third-order valence-corrected chi connectivity index (χ3v) is 4.65.